The van der Waals surface area contributed by atoms with Crippen molar-refractivity contribution >= 4 is 17.5 Å². The molecule has 1 aliphatic heterocycles. The number of anilines is 1. The molecular weight excluding hydrogens is 340 g/mol. The third-order valence-electron chi connectivity index (χ3n) is 4.81. The van der Waals surface area contributed by atoms with Crippen LogP contribution in [-0.2, 0) is 16.0 Å². The molecular formula is C22H26N2O3. The van der Waals surface area contributed by atoms with Gasteiger partial charge in [-0.05, 0) is 50.1 Å². The van der Waals surface area contributed by atoms with Crippen LogP contribution >= 0.6 is 0 Å². The minimum absolute atomic E-state index is 0.00282. The van der Waals surface area contributed by atoms with Crippen molar-refractivity contribution in [3.63, 3.8) is 0 Å². The van der Waals surface area contributed by atoms with E-state index in [0.29, 0.717) is 43.9 Å². The van der Waals surface area contributed by atoms with Crippen LogP contribution in [-0.4, -0.2) is 42.5 Å². The number of nitrogens with zero attached hydrogens (tertiary/aromatic N) is 1. The van der Waals surface area contributed by atoms with E-state index < -0.39 is 0 Å². The van der Waals surface area contributed by atoms with Crippen molar-refractivity contribution in [1.82, 2.24) is 4.90 Å². The summed E-state index contributed by atoms with van der Waals surface area (Å²) in [6, 6.07) is 15.4. The number of carbonyl (C=O) groups excluding carboxylic acids is 2. The highest BCUT2D eigenvalue weighted by Crippen LogP contribution is 2.16. The lowest BCUT2D eigenvalue weighted by Gasteiger charge is -2.33. The molecule has 2 aromatic carbocycles. The van der Waals surface area contributed by atoms with Gasteiger partial charge in [0.25, 0.3) is 5.91 Å². The molecule has 142 valence electrons. The molecule has 1 unspecified atom stereocenters. The highest BCUT2D eigenvalue weighted by molar-refractivity contribution is 5.96. The van der Waals surface area contributed by atoms with Crippen molar-refractivity contribution in [3.8, 4) is 0 Å². The standard InChI is InChI=1S/C22H26N2O3/c1-16-3-5-18(6-4-16)7-12-21(25)23-20-10-8-19(9-11-20)22(26)24-13-14-27-15-17(24)2/h3-6,8-11,17H,7,12-15H2,1-2H3,(H,23,25). The normalized spacial score (nSPS) is 16.8. The number of benzene rings is 2. The molecule has 27 heavy (non-hydrogen) atoms. The van der Waals surface area contributed by atoms with Gasteiger partial charge in [0.1, 0.15) is 0 Å². The van der Waals surface area contributed by atoms with Crippen LogP contribution in [0.4, 0.5) is 5.69 Å². The molecule has 1 fully saturated rings. The van der Waals surface area contributed by atoms with Crippen LogP contribution in [0.15, 0.2) is 48.5 Å². The fourth-order valence-corrected chi connectivity index (χ4v) is 3.13. The fourth-order valence-electron chi connectivity index (χ4n) is 3.13. The predicted octanol–water partition coefficient (Wildman–Crippen LogP) is 3.43. The van der Waals surface area contributed by atoms with E-state index in [0.717, 1.165) is 5.56 Å². The molecule has 5 nitrogen and oxygen atoms in total. The van der Waals surface area contributed by atoms with Gasteiger partial charge in [0.05, 0.1) is 19.3 Å². The maximum Gasteiger partial charge on any atom is 0.254 e. The monoisotopic (exact) mass is 366 g/mol. The number of aryl methyl sites for hydroxylation is 2. The summed E-state index contributed by atoms with van der Waals surface area (Å²) in [4.78, 5) is 26.6. The molecule has 1 saturated heterocycles. The summed E-state index contributed by atoms with van der Waals surface area (Å²) in [6.45, 7) is 5.79. The number of hydrogen-bond donors (Lipinski definition) is 1. The number of nitrogens with one attached hydrogen (secondary N) is 1. The van der Waals surface area contributed by atoms with Crippen molar-refractivity contribution in [1.29, 1.82) is 0 Å². The van der Waals surface area contributed by atoms with Gasteiger partial charge in [0, 0.05) is 24.2 Å². The SMILES string of the molecule is Cc1ccc(CCC(=O)Nc2ccc(C(=O)N3CCOCC3C)cc2)cc1. The Hall–Kier alpha value is -2.66. The number of hydrogen-bond acceptors (Lipinski definition) is 3. The summed E-state index contributed by atoms with van der Waals surface area (Å²) < 4.78 is 5.38. The molecule has 0 aromatic heterocycles. The summed E-state index contributed by atoms with van der Waals surface area (Å²) >= 11 is 0. The van der Waals surface area contributed by atoms with Gasteiger partial charge >= 0.3 is 0 Å². The lowest BCUT2D eigenvalue weighted by molar-refractivity contribution is -0.116. The summed E-state index contributed by atoms with van der Waals surface area (Å²) in [7, 11) is 0. The second kappa shape index (κ2) is 8.82. The highest BCUT2D eigenvalue weighted by Gasteiger charge is 2.24. The topological polar surface area (TPSA) is 58.6 Å². The van der Waals surface area contributed by atoms with E-state index in [4.69, 9.17) is 4.74 Å². The second-order valence-corrected chi connectivity index (χ2v) is 7.03. The Balaban J connectivity index is 1.53. The molecule has 2 aromatic rings. The number of amides is 2. The molecule has 0 saturated carbocycles. The largest absolute Gasteiger partial charge is 0.377 e. The predicted molar refractivity (Wildman–Crippen MR) is 106 cm³/mol. The van der Waals surface area contributed by atoms with Gasteiger partial charge in [-0.25, -0.2) is 0 Å². The van der Waals surface area contributed by atoms with E-state index in [9.17, 15) is 9.59 Å². The van der Waals surface area contributed by atoms with Crippen LogP contribution in [0.5, 0.6) is 0 Å². The summed E-state index contributed by atoms with van der Waals surface area (Å²) in [5.74, 6) is -0.0282. The van der Waals surface area contributed by atoms with Gasteiger partial charge in [-0.15, -0.1) is 0 Å². The first-order valence-electron chi connectivity index (χ1n) is 9.37. The van der Waals surface area contributed by atoms with Crippen LogP contribution in [0.1, 0.15) is 34.8 Å². The first-order valence-corrected chi connectivity index (χ1v) is 9.37. The van der Waals surface area contributed by atoms with Crippen molar-refractivity contribution in [3.05, 3.63) is 65.2 Å². The minimum Gasteiger partial charge on any atom is -0.377 e. The van der Waals surface area contributed by atoms with E-state index >= 15 is 0 Å². The summed E-state index contributed by atoms with van der Waals surface area (Å²) in [5, 5.41) is 2.89. The first kappa shape index (κ1) is 19.1. The van der Waals surface area contributed by atoms with Crippen LogP contribution in [0.2, 0.25) is 0 Å². The Kier molecular flexibility index (Phi) is 6.24. The number of carbonyl (C=O) groups is 2. The molecule has 0 radical (unpaired) electrons. The Morgan fingerprint density at radius 3 is 2.48 bits per heavy atom. The third kappa shape index (κ3) is 5.17. The highest BCUT2D eigenvalue weighted by atomic mass is 16.5. The van der Waals surface area contributed by atoms with Crippen molar-refractivity contribution < 1.29 is 14.3 Å². The minimum atomic E-state index is -0.0311. The van der Waals surface area contributed by atoms with Crippen LogP contribution in [0.3, 0.4) is 0 Å². The lowest BCUT2D eigenvalue weighted by Crippen LogP contribution is -2.47. The molecule has 0 aliphatic carbocycles. The van der Waals surface area contributed by atoms with Gasteiger partial charge in [-0.1, -0.05) is 29.8 Å². The second-order valence-electron chi connectivity index (χ2n) is 7.03. The molecule has 1 atom stereocenters. The smallest absolute Gasteiger partial charge is 0.254 e. The Morgan fingerprint density at radius 2 is 1.81 bits per heavy atom. The molecule has 5 heteroatoms. The maximum absolute atomic E-state index is 12.6. The Labute approximate surface area is 160 Å². The number of morpholine rings is 1. The van der Waals surface area contributed by atoms with Crippen LogP contribution in [0, 0.1) is 6.92 Å². The maximum atomic E-state index is 12.6. The zero-order valence-electron chi connectivity index (χ0n) is 15.9. The fraction of sp³-hybridized carbons (Fsp3) is 0.364. The summed E-state index contributed by atoms with van der Waals surface area (Å²) in [5.41, 5.74) is 3.69. The number of ether oxygens (including phenoxy) is 1. The molecule has 0 spiro atoms. The zero-order chi connectivity index (χ0) is 19.2. The molecule has 2 amide bonds. The quantitative estimate of drug-likeness (QED) is 0.882. The van der Waals surface area contributed by atoms with Gasteiger partial charge in [0.15, 0.2) is 0 Å². The summed E-state index contributed by atoms with van der Waals surface area (Å²) in [6.07, 6.45) is 1.13. The zero-order valence-corrected chi connectivity index (χ0v) is 15.9. The van der Waals surface area contributed by atoms with E-state index in [2.05, 4.69) is 29.6 Å². The van der Waals surface area contributed by atoms with Gasteiger partial charge in [-0.2, -0.15) is 0 Å². The molecule has 1 heterocycles. The van der Waals surface area contributed by atoms with E-state index in [-0.39, 0.29) is 17.9 Å². The lowest BCUT2D eigenvalue weighted by atomic mass is 10.1. The average Bonchev–Trinajstić information content (AvgIpc) is 2.68. The van der Waals surface area contributed by atoms with E-state index in [1.165, 1.54) is 5.56 Å². The Bertz CT molecular complexity index is 784. The molecule has 0 bridgehead atoms. The van der Waals surface area contributed by atoms with Crippen molar-refractivity contribution in [2.45, 2.75) is 32.7 Å². The van der Waals surface area contributed by atoms with Crippen molar-refractivity contribution in [2.75, 3.05) is 25.1 Å². The Morgan fingerprint density at radius 1 is 1.11 bits per heavy atom. The van der Waals surface area contributed by atoms with Crippen LogP contribution in [0.25, 0.3) is 0 Å². The first-order chi connectivity index (χ1) is 13.0. The molecule has 1 aliphatic rings. The van der Waals surface area contributed by atoms with E-state index in [1.807, 2.05) is 18.7 Å². The number of rotatable bonds is 5. The molecule has 3 rings (SSSR count). The molecule has 1 N–H and O–H groups in total. The average molecular weight is 366 g/mol. The van der Waals surface area contributed by atoms with Gasteiger partial charge in [-0.3, -0.25) is 9.59 Å². The van der Waals surface area contributed by atoms with Crippen LogP contribution < -0.4 is 5.32 Å². The van der Waals surface area contributed by atoms with E-state index in [1.54, 1.807) is 24.3 Å². The van der Waals surface area contributed by atoms with Crippen molar-refractivity contribution in [2.24, 2.45) is 0 Å². The van der Waals surface area contributed by atoms with Gasteiger partial charge < -0.3 is 15.0 Å². The third-order valence-corrected chi connectivity index (χ3v) is 4.81. The van der Waals surface area contributed by atoms with Gasteiger partial charge in [0.2, 0.25) is 5.91 Å².